The Morgan fingerprint density at radius 2 is 1.72 bits per heavy atom. The number of nitrogens with zero attached hydrogens (tertiary/aromatic N) is 1. The standard InChI is InChI=1S/C14H13NO3/c1-3-15(2)14(18)9-4-5-10-11(8-9)13(17)7-6-12(10)16/h4-8H,3H2,1-2H3. The van der Waals surface area contributed by atoms with E-state index in [1.807, 2.05) is 6.92 Å². The highest BCUT2D eigenvalue weighted by atomic mass is 16.2. The summed E-state index contributed by atoms with van der Waals surface area (Å²) in [5, 5.41) is 0. The summed E-state index contributed by atoms with van der Waals surface area (Å²) in [7, 11) is 1.69. The van der Waals surface area contributed by atoms with Crippen LogP contribution in [0, 0.1) is 0 Å². The van der Waals surface area contributed by atoms with Crippen molar-refractivity contribution in [3.05, 3.63) is 47.0 Å². The zero-order valence-electron chi connectivity index (χ0n) is 10.3. The first-order valence-electron chi connectivity index (χ1n) is 5.71. The van der Waals surface area contributed by atoms with E-state index < -0.39 is 0 Å². The van der Waals surface area contributed by atoms with Gasteiger partial charge in [0.25, 0.3) is 5.91 Å². The third-order valence-electron chi connectivity index (χ3n) is 3.00. The average molecular weight is 243 g/mol. The maximum Gasteiger partial charge on any atom is 0.253 e. The number of carbonyl (C=O) groups is 3. The zero-order valence-corrected chi connectivity index (χ0v) is 10.3. The van der Waals surface area contributed by atoms with Crippen LogP contribution in [0.15, 0.2) is 30.4 Å². The van der Waals surface area contributed by atoms with E-state index in [0.29, 0.717) is 23.2 Å². The average Bonchev–Trinajstić information content (AvgIpc) is 2.41. The summed E-state index contributed by atoms with van der Waals surface area (Å²) in [4.78, 5) is 36.8. The Kier molecular flexibility index (Phi) is 3.10. The topological polar surface area (TPSA) is 54.5 Å². The first-order valence-corrected chi connectivity index (χ1v) is 5.71. The fraction of sp³-hybridized carbons (Fsp3) is 0.214. The van der Waals surface area contributed by atoms with E-state index in [1.54, 1.807) is 18.0 Å². The molecule has 0 fully saturated rings. The molecule has 0 bridgehead atoms. The third-order valence-corrected chi connectivity index (χ3v) is 3.00. The van der Waals surface area contributed by atoms with Crippen molar-refractivity contribution >= 4 is 17.5 Å². The minimum Gasteiger partial charge on any atom is -0.342 e. The molecule has 1 aromatic carbocycles. The van der Waals surface area contributed by atoms with Gasteiger partial charge in [0.2, 0.25) is 0 Å². The first kappa shape index (κ1) is 12.2. The van der Waals surface area contributed by atoms with Crippen molar-refractivity contribution in [2.75, 3.05) is 13.6 Å². The molecule has 1 aliphatic rings. The Morgan fingerprint density at radius 1 is 1.11 bits per heavy atom. The molecule has 1 aliphatic carbocycles. The van der Waals surface area contributed by atoms with Gasteiger partial charge in [-0.25, -0.2) is 0 Å². The summed E-state index contributed by atoms with van der Waals surface area (Å²) in [6.45, 7) is 2.45. The SMILES string of the molecule is CCN(C)C(=O)c1ccc2c(c1)C(=O)C=CC2=O. The molecule has 0 spiro atoms. The molecule has 1 aromatic rings. The highest BCUT2D eigenvalue weighted by molar-refractivity contribution is 6.22. The fourth-order valence-corrected chi connectivity index (χ4v) is 1.79. The minimum atomic E-state index is -0.238. The van der Waals surface area contributed by atoms with Crippen LogP contribution in [-0.4, -0.2) is 36.0 Å². The van der Waals surface area contributed by atoms with Crippen LogP contribution >= 0.6 is 0 Å². The molecule has 0 radical (unpaired) electrons. The summed E-state index contributed by atoms with van der Waals surface area (Å²) >= 11 is 0. The number of allylic oxidation sites excluding steroid dienone is 2. The van der Waals surface area contributed by atoms with E-state index in [1.165, 1.54) is 24.3 Å². The number of fused-ring (bicyclic) bond motifs is 1. The van der Waals surface area contributed by atoms with Gasteiger partial charge in [-0.2, -0.15) is 0 Å². The van der Waals surface area contributed by atoms with E-state index in [0.717, 1.165) is 0 Å². The number of carbonyl (C=O) groups excluding carboxylic acids is 3. The Bertz CT molecular complexity index is 572. The Morgan fingerprint density at radius 3 is 2.33 bits per heavy atom. The predicted octanol–water partition coefficient (Wildman–Crippen LogP) is 1.71. The van der Waals surface area contributed by atoms with Gasteiger partial charge in [-0.15, -0.1) is 0 Å². The molecule has 0 N–H and O–H groups in total. The molecule has 4 nitrogen and oxygen atoms in total. The van der Waals surface area contributed by atoms with Gasteiger partial charge in [0.15, 0.2) is 11.6 Å². The molecule has 92 valence electrons. The molecule has 18 heavy (non-hydrogen) atoms. The molecule has 0 saturated carbocycles. The highest BCUT2D eigenvalue weighted by Crippen LogP contribution is 2.19. The summed E-state index contributed by atoms with van der Waals surface area (Å²) in [6, 6.07) is 4.61. The second kappa shape index (κ2) is 4.56. The Hall–Kier alpha value is -2.23. The van der Waals surface area contributed by atoms with E-state index in [2.05, 4.69) is 0 Å². The summed E-state index contributed by atoms with van der Waals surface area (Å²) in [5.41, 5.74) is 1.09. The Balaban J connectivity index is 2.45. The van der Waals surface area contributed by atoms with Crippen LogP contribution in [0.5, 0.6) is 0 Å². The van der Waals surface area contributed by atoms with E-state index in [-0.39, 0.29) is 17.5 Å². The summed E-state index contributed by atoms with van der Waals surface area (Å²) in [6.07, 6.45) is 2.49. The van der Waals surface area contributed by atoms with Gasteiger partial charge in [0, 0.05) is 30.3 Å². The number of ketones is 2. The minimum absolute atomic E-state index is 0.157. The van der Waals surface area contributed by atoms with Crippen LogP contribution in [0.25, 0.3) is 0 Å². The van der Waals surface area contributed by atoms with Crippen molar-refractivity contribution in [1.82, 2.24) is 4.90 Å². The Labute approximate surface area is 105 Å². The van der Waals surface area contributed by atoms with Crippen molar-refractivity contribution in [2.24, 2.45) is 0 Å². The van der Waals surface area contributed by atoms with Crippen molar-refractivity contribution in [3.63, 3.8) is 0 Å². The molecule has 2 rings (SSSR count). The fourth-order valence-electron chi connectivity index (χ4n) is 1.79. The van der Waals surface area contributed by atoms with Gasteiger partial charge >= 0.3 is 0 Å². The smallest absolute Gasteiger partial charge is 0.253 e. The van der Waals surface area contributed by atoms with Crippen LogP contribution in [0.3, 0.4) is 0 Å². The quantitative estimate of drug-likeness (QED) is 0.794. The number of rotatable bonds is 2. The second-order valence-corrected chi connectivity index (χ2v) is 4.14. The lowest BCUT2D eigenvalue weighted by atomic mass is 9.93. The predicted molar refractivity (Wildman–Crippen MR) is 66.9 cm³/mol. The first-order chi connectivity index (χ1) is 8.54. The monoisotopic (exact) mass is 243 g/mol. The molecule has 0 aromatic heterocycles. The molecule has 0 heterocycles. The van der Waals surface area contributed by atoms with E-state index in [9.17, 15) is 14.4 Å². The zero-order chi connectivity index (χ0) is 13.3. The number of amides is 1. The molecule has 0 atom stereocenters. The van der Waals surface area contributed by atoms with Gasteiger partial charge in [-0.1, -0.05) is 0 Å². The summed E-state index contributed by atoms with van der Waals surface area (Å²) < 4.78 is 0. The van der Waals surface area contributed by atoms with Crippen molar-refractivity contribution in [3.8, 4) is 0 Å². The molecule has 4 heteroatoms. The maximum absolute atomic E-state index is 12.0. The van der Waals surface area contributed by atoms with Gasteiger partial charge in [-0.3, -0.25) is 14.4 Å². The second-order valence-electron chi connectivity index (χ2n) is 4.14. The number of hydrogen-bond donors (Lipinski definition) is 0. The lowest BCUT2D eigenvalue weighted by Crippen LogP contribution is -2.26. The lowest BCUT2D eigenvalue weighted by molar-refractivity contribution is 0.0802. The molecular formula is C14H13NO3. The summed E-state index contributed by atoms with van der Waals surface area (Å²) in [5.74, 6) is -0.596. The van der Waals surface area contributed by atoms with Gasteiger partial charge < -0.3 is 4.90 Å². The third kappa shape index (κ3) is 1.97. The van der Waals surface area contributed by atoms with Crippen molar-refractivity contribution < 1.29 is 14.4 Å². The van der Waals surface area contributed by atoms with Crippen LogP contribution in [-0.2, 0) is 0 Å². The molecule has 0 aliphatic heterocycles. The molecule has 0 saturated heterocycles. The molecular weight excluding hydrogens is 230 g/mol. The maximum atomic E-state index is 12.0. The molecule has 1 amide bonds. The number of hydrogen-bond acceptors (Lipinski definition) is 3. The molecule has 0 unspecified atom stereocenters. The van der Waals surface area contributed by atoms with Crippen LogP contribution in [0.2, 0.25) is 0 Å². The number of benzene rings is 1. The van der Waals surface area contributed by atoms with Gasteiger partial charge in [-0.05, 0) is 37.3 Å². The van der Waals surface area contributed by atoms with Gasteiger partial charge in [0.1, 0.15) is 0 Å². The largest absolute Gasteiger partial charge is 0.342 e. The normalized spacial score (nSPS) is 13.4. The highest BCUT2D eigenvalue weighted by Gasteiger charge is 2.21. The van der Waals surface area contributed by atoms with E-state index >= 15 is 0 Å². The van der Waals surface area contributed by atoms with Gasteiger partial charge in [0.05, 0.1) is 0 Å². The van der Waals surface area contributed by atoms with Crippen LogP contribution < -0.4 is 0 Å². The van der Waals surface area contributed by atoms with Crippen molar-refractivity contribution in [2.45, 2.75) is 6.92 Å². The van der Waals surface area contributed by atoms with Crippen LogP contribution in [0.4, 0.5) is 0 Å². The van der Waals surface area contributed by atoms with E-state index in [4.69, 9.17) is 0 Å². The lowest BCUT2D eigenvalue weighted by Gasteiger charge is -2.16. The van der Waals surface area contributed by atoms with Crippen molar-refractivity contribution in [1.29, 1.82) is 0 Å². The van der Waals surface area contributed by atoms with Crippen LogP contribution in [0.1, 0.15) is 38.0 Å².